The quantitative estimate of drug-likeness (QED) is 0.896. The monoisotopic (exact) mass is 266 g/mol. The Morgan fingerprint density at radius 2 is 2.06 bits per heavy atom. The Bertz CT molecular complexity index is 492. The van der Waals surface area contributed by atoms with Crippen molar-refractivity contribution in [2.45, 2.75) is 5.75 Å². The highest BCUT2D eigenvalue weighted by Gasteiger charge is 2.20. The second-order valence-electron chi connectivity index (χ2n) is 3.13. The molecule has 0 aromatic heterocycles. The second kappa shape index (κ2) is 4.80. The molecule has 88 valence electrons. The molecule has 0 amide bonds. The highest BCUT2D eigenvalue weighted by molar-refractivity contribution is 7.91. The van der Waals surface area contributed by atoms with E-state index in [0.29, 0.717) is 0 Å². The molecule has 0 radical (unpaired) electrons. The fourth-order valence-corrected chi connectivity index (χ4v) is 2.65. The number of sulfone groups is 1. The molecule has 0 spiro atoms. The minimum absolute atomic E-state index is 0.0334. The van der Waals surface area contributed by atoms with Crippen LogP contribution in [0.4, 0.5) is 4.39 Å². The summed E-state index contributed by atoms with van der Waals surface area (Å²) in [6.45, 7) is 0. The van der Waals surface area contributed by atoms with Gasteiger partial charge in [0.1, 0.15) is 11.6 Å². The fourth-order valence-electron chi connectivity index (χ4n) is 1.13. The molecular formula is C9H8ClFO4S. The van der Waals surface area contributed by atoms with Gasteiger partial charge in [0.05, 0.1) is 5.75 Å². The van der Waals surface area contributed by atoms with Gasteiger partial charge in [0, 0.05) is 10.6 Å². The minimum atomic E-state index is -3.90. The van der Waals surface area contributed by atoms with E-state index < -0.39 is 33.1 Å². The highest BCUT2D eigenvalue weighted by Crippen LogP contribution is 2.21. The van der Waals surface area contributed by atoms with Crippen molar-refractivity contribution in [3.05, 3.63) is 34.6 Å². The van der Waals surface area contributed by atoms with Gasteiger partial charge in [-0.15, -0.1) is 0 Å². The van der Waals surface area contributed by atoms with Gasteiger partial charge >= 0.3 is 5.97 Å². The topological polar surface area (TPSA) is 71.4 Å². The van der Waals surface area contributed by atoms with Crippen LogP contribution in [0, 0.1) is 5.82 Å². The Balaban J connectivity index is 3.01. The molecule has 1 aromatic rings. The lowest BCUT2D eigenvalue weighted by molar-refractivity contribution is -0.134. The summed E-state index contributed by atoms with van der Waals surface area (Å²) in [5.41, 5.74) is -0.203. The normalized spacial score (nSPS) is 11.4. The molecule has 0 aliphatic carbocycles. The van der Waals surface area contributed by atoms with Crippen molar-refractivity contribution in [2.24, 2.45) is 0 Å². The molecule has 0 fully saturated rings. The Kier molecular flexibility index (Phi) is 3.88. The van der Waals surface area contributed by atoms with Crippen molar-refractivity contribution >= 4 is 27.4 Å². The van der Waals surface area contributed by atoms with Gasteiger partial charge in [0.25, 0.3) is 0 Å². The van der Waals surface area contributed by atoms with E-state index in [0.717, 1.165) is 6.07 Å². The summed E-state index contributed by atoms with van der Waals surface area (Å²) in [5, 5.41) is 8.33. The molecule has 0 unspecified atom stereocenters. The van der Waals surface area contributed by atoms with Gasteiger partial charge < -0.3 is 5.11 Å². The number of hydrogen-bond acceptors (Lipinski definition) is 3. The molecule has 0 aliphatic heterocycles. The van der Waals surface area contributed by atoms with E-state index in [1.165, 1.54) is 12.1 Å². The number of rotatable bonds is 4. The Labute approximate surface area is 96.6 Å². The van der Waals surface area contributed by atoms with Crippen molar-refractivity contribution < 1.29 is 22.7 Å². The third kappa shape index (κ3) is 3.46. The lowest BCUT2D eigenvalue weighted by atomic mass is 10.2. The molecule has 0 saturated heterocycles. The molecule has 0 saturated carbocycles. The first kappa shape index (κ1) is 12.9. The van der Waals surface area contributed by atoms with Gasteiger partial charge in [-0.25, -0.2) is 12.8 Å². The molecule has 0 bridgehead atoms. The zero-order chi connectivity index (χ0) is 12.3. The summed E-state index contributed by atoms with van der Waals surface area (Å²) in [5.74, 6) is -4.00. The van der Waals surface area contributed by atoms with E-state index in [1.807, 2.05) is 0 Å². The van der Waals surface area contributed by atoms with Gasteiger partial charge in [0.2, 0.25) is 0 Å². The third-order valence-electron chi connectivity index (χ3n) is 1.77. The van der Waals surface area contributed by atoms with Crippen LogP contribution in [0.3, 0.4) is 0 Å². The molecule has 1 N–H and O–H groups in total. The first-order valence-electron chi connectivity index (χ1n) is 4.17. The van der Waals surface area contributed by atoms with Crippen LogP contribution in [0.5, 0.6) is 0 Å². The van der Waals surface area contributed by atoms with Gasteiger partial charge in [-0.05, 0) is 12.1 Å². The van der Waals surface area contributed by atoms with Crippen LogP contribution in [-0.2, 0) is 20.4 Å². The average molecular weight is 267 g/mol. The SMILES string of the molecule is O=C(O)CS(=O)(=O)Cc1c(F)cccc1Cl. The highest BCUT2D eigenvalue weighted by atomic mass is 35.5. The number of carbonyl (C=O) groups is 1. The summed E-state index contributed by atoms with van der Waals surface area (Å²) >= 11 is 5.62. The number of halogens is 2. The third-order valence-corrected chi connectivity index (χ3v) is 3.54. The molecule has 0 atom stereocenters. The number of hydrogen-bond donors (Lipinski definition) is 1. The van der Waals surface area contributed by atoms with Crippen molar-refractivity contribution in [1.29, 1.82) is 0 Å². The summed E-state index contributed by atoms with van der Waals surface area (Å²) in [7, 11) is -3.90. The predicted molar refractivity (Wildman–Crippen MR) is 56.5 cm³/mol. The number of benzene rings is 1. The molecule has 4 nitrogen and oxygen atoms in total. The Morgan fingerprint density at radius 1 is 1.44 bits per heavy atom. The smallest absolute Gasteiger partial charge is 0.318 e. The van der Waals surface area contributed by atoms with E-state index in [2.05, 4.69) is 0 Å². The lowest BCUT2D eigenvalue weighted by Crippen LogP contribution is -2.17. The first-order valence-corrected chi connectivity index (χ1v) is 6.37. The zero-order valence-corrected chi connectivity index (χ0v) is 9.55. The van der Waals surface area contributed by atoms with Gasteiger partial charge in [0.15, 0.2) is 9.84 Å². The molecular weight excluding hydrogens is 259 g/mol. The van der Waals surface area contributed by atoms with Crippen molar-refractivity contribution in [3.8, 4) is 0 Å². The van der Waals surface area contributed by atoms with Crippen LogP contribution in [0.15, 0.2) is 18.2 Å². The summed E-state index contributed by atoms with van der Waals surface area (Å²) in [4.78, 5) is 10.3. The Morgan fingerprint density at radius 3 is 2.56 bits per heavy atom. The van der Waals surface area contributed by atoms with Crippen LogP contribution in [0.2, 0.25) is 5.02 Å². The average Bonchev–Trinajstić information content (AvgIpc) is 2.09. The van der Waals surface area contributed by atoms with E-state index in [-0.39, 0.29) is 10.6 Å². The maximum absolute atomic E-state index is 13.2. The maximum Gasteiger partial charge on any atom is 0.318 e. The van der Waals surface area contributed by atoms with E-state index in [1.54, 1.807) is 0 Å². The minimum Gasteiger partial charge on any atom is -0.480 e. The summed E-state index contributed by atoms with van der Waals surface area (Å²) < 4.78 is 35.8. The van der Waals surface area contributed by atoms with Gasteiger partial charge in [-0.3, -0.25) is 4.79 Å². The number of aliphatic carboxylic acids is 1. The van der Waals surface area contributed by atoms with Crippen LogP contribution in [-0.4, -0.2) is 25.2 Å². The number of carboxylic acid groups (broad SMARTS) is 1. The summed E-state index contributed by atoms with van der Waals surface area (Å²) in [6, 6.07) is 3.75. The standard InChI is InChI=1S/C9H8ClFO4S/c10-7-2-1-3-8(11)6(7)4-16(14,15)5-9(12)13/h1-3H,4-5H2,(H,12,13). The van der Waals surface area contributed by atoms with Crippen molar-refractivity contribution in [1.82, 2.24) is 0 Å². The van der Waals surface area contributed by atoms with E-state index >= 15 is 0 Å². The van der Waals surface area contributed by atoms with E-state index in [9.17, 15) is 17.6 Å². The van der Waals surface area contributed by atoms with E-state index in [4.69, 9.17) is 16.7 Å². The molecule has 16 heavy (non-hydrogen) atoms. The number of carboxylic acids is 1. The van der Waals surface area contributed by atoms with Crippen LogP contribution in [0.1, 0.15) is 5.56 Å². The van der Waals surface area contributed by atoms with Crippen LogP contribution in [0.25, 0.3) is 0 Å². The lowest BCUT2D eigenvalue weighted by Gasteiger charge is -2.05. The molecule has 1 aromatic carbocycles. The maximum atomic E-state index is 13.2. The van der Waals surface area contributed by atoms with Crippen molar-refractivity contribution in [3.63, 3.8) is 0 Å². The van der Waals surface area contributed by atoms with Gasteiger partial charge in [-0.2, -0.15) is 0 Å². The molecule has 7 heteroatoms. The molecule has 0 heterocycles. The zero-order valence-electron chi connectivity index (χ0n) is 7.98. The largest absolute Gasteiger partial charge is 0.480 e. The molecule has 1 rings (SSSR count). The predicted octanol–water partition coefficient (Wildman–Crippen LogP) is 1.48. The van der Waals surface area contributed by atoms with Crippen LogP contribution >= 0.6 is 11.6 Å². The van der Waals surface area contributed by atoms with Gasteiger partial charge in [-0.1, -0.05) is 17.7 Å². The first-order chi connectivity index (χ1) is 7.32. The second-order valence-corrected chi connectivity index (χ2v) is 5.60. The van der Waals surface area contributed by atoms with Crippen molar-refractivity contribution in [2.75, 3.05) is 5.75 Å². The molecule has 0 aliphatic rings. The summed E-state index contributed by atoms with van der Waals surface area (Å²) in [6.07, 6.45) is 0. The van der Waals surface area contributed by atoms with Crippen LogP contribution < -0.4 is 0 Å². The fraction of sp³-hybridized carbons (Fsp3) is 0.222. The Hall–Kier alpha value is -1.14.